The number of halogens is 2. The number of nitrogen functional groups attached to an aromatic ring is 1. The molecule has 1 aromatic carbocycles. The summed E-state index contributed by atoms with van der Waals surface area (Å²) in [6.45, 7) is 2.31. The second kappa shape index (κ2) is 5.28. The molecule has 0 saturated heterocycles. The monoisotopic (exact) mass is 370 g/mol. The maximum absolute atomic E-state index is 12.0. The number of anilines is 1. The molecular weight excluding hydrogens is 360 g/mol. The van der Waals surface area contributed by atoms with Gasteiger partial charge in [0.15, 0.2) is 0 Å². The summed E-state index contributed by atoms with van der Waals surface area (Å²) in [7, 11) is 0. The van der Waals surface area contributed by atoms with Crippen LogP contribution in [0.1, 0.15) is 11.1 Å². The van der Waals surface area contributed by atoms with E-state index in [0.29, 0.717) is 17.8 Å². The summed E-state index contributed by atoms with van der Waals surface area (Å²) < 4.78 is 3.47. The van der Waals surface area contributed by atoms with Gasteiger partial charge in [0, 0.05) is 26.4 Å². The molecule has 1 heterocycles. The van der Waals surface area contributed by atoms with Crippen LogP contribution in [0.2, 0.25) is 0 Å². The predicted octanol–water partition coefficient (Wildman–Crippen LogP) is 3.31. The zero-order valence-corrected chi connectivity index (χ0v) is 13.0. The van der Waals surface area contributed by atoms with Crippen LogP contribution in [0.3, 0.4) is 0 Å². The highest BCUT2D eigenvalue weighted by Gasteiger charge is 2.04. The van der Waals surface area contributed by atoms with Gasteiger partial charge < -0.3 is 10.3 Å². The highest BCUT2D eigenvalue weighted by molar-refractivity contribution is 9.10. The highest BCUT2D eigenvalue weighted by Crippen LogP contribution is 2.18. The molecule has 1 aromatic heterocycles. The van der Waals surface area contributed by atoms with Gasteiger partial charge in [0.05, 0.1) is 6.54 Å². The number of nitrogens with two attached hydrogens (primary N) is 1. The molecule has 0 saturated carbocycles. The van der Waals surface area contributed by atoms with Crippen molar-refractivity contribution in [1.29, 1.82) is 0 Å². The maximum Gasteiger partial charge on any atom is 0.253 e. The first kappa shape index (κ1) is 13.4. The van der Waals surface area contributed by atoms with Gasteiger partial charge >= 0.3 is 0 Å². The Morgan fingerprint density at radius 1 is 1.17 bits per heavy atom. The van der Waals surface area contributed by atoms with E-state index < -0.39 is 0 Å². The van der Waals surface area contributed by atoms with Crippen molar-refractivity contribution in [2.45, 2.75) is 13.5 Å². The number of hydrogen-bond acceptors (Lipinski definition) is 2. The molecule has 0 aliphatic carbocycles. The normalized spacial score (nSPS) is 10.6. The third-order valence-electron chi connectivity index (χ3n) is 2.56. The van der Waals surface area contributed by atoms with Crippen LogP contribution in [0.5, 0.6) is 0 Å². The lowest BCUT2D eigenvalue weighted by Crippen LogP contribution is -2.22. The Hall–Kier alpha value is -1.07. The van der Waals surface area contributed by atoms with Crippen LogP contribution in [0.4, 0.5) is 5.69 Å². The lowest BCUT2D eigenvalue weighted by atomic mass is 10.2. The van der Waals surface area contributed by atoms with Crippen molar-refractivity contribution in [3.8, 4) is 0 Å². The molecule has 3 nitrogen and oxygen atoms in total. The Morgan fingerprint density at radius 2 is 1.89 bits per heavy atom. The van der Waals surface area contributed by atoms with Gasteiger partial charge in [-0.15, -0.1) is 0 Å². The van der Waals surface area contributed by atoms with Crippen LogP contribution < -0.4 is 11.3 Å². The third-order valence-corrected chi connectivity index (χ3v) is 3.46. The van der Waals surface area contributed by atoms with Crippen molar-refractivity contribution >= 4 is 37.5 Å². The van der Waals surface area contributed by atoms with Crippen LogP contribution in [-0.2, 0) is 6.54 Å². The fourth-order valence-electron chi connectivity index (χ4n) is 1.82. The number of aryl methyl sites for hydroxylation is 1. The average molecular weight is 372 g/mol. The first-order valence-electron chi connectivity index (χ1n) is 5.37. The van der Waals surface area contributed by atoms with E-state index in [-0.39, 0.29) is 5.56 Å². The molecule has 0 fully saturated rings. The van der Waals surface area contributed by atoms with Crippen molar-refractivity contribution in [2.24, 2.45) is 0 Å². The lowest BCUT2D eigenvalue weighted by Gasteiger charge is -2.09. The van der Waals surface area contributed by atoms with E-state index in [2.05, 4.69) is 31.9 Å². The van der Waals surface area contributed by atoms with Gasteiger partial charge in [-0.1, -0.05) is 15.9 Å². The van der Waals surface area contributed by atoms with E-state index in [4.69, 9.17) is 5.73 Å². The van der Waals surface area contributed by atoms with Gasteiger partial charge in [0.25, 0.3) is 5.56 Å². The molecule has 0 bridgehead atoms. The maximum atomic E-state index is 12.0. The summed E-state index contributed by atoms with van der Waals surface area (Å²) in [5.41, 5.74) is 8.18. The Balaban J connectivity index is 2.43. The largest absolute Gasteiger partial charge is 0.399 e. The van der Waals surface area contributed by atoms with E-state index >= 15 is 0 Å². The first-order valence-corrected chi connectivity index (χ1v) is 6.96. The number of benzene rings is 1. The quantitative estimate of drug-likeness (QED) is 0.823. The molecule has 0 amide bonds. The summed E-state index contributed by atoms with van der Waals surface area (Å²) in [5, 5.41) is 0. The van der Waals surface area contributed by atoms with Crippen LogP contribution in [0.25, 0.3) is 0 Å². The van der Waals surface area contributed by atoms with E-state index in [1.807, 2.05) is 24.3 Å². The summed E-state index contributed by atoms with van der Waals surface area (Å²) >= 11 is 6.79. The first-order chi connectivity index (χ1) is 8.45. The minimum absolute atomic E-state index is 0.0109. The van der Waals surface area contributed by atoms with E-state index in [1.54, 1.807) is 17.7 Å². The molecule has 2 rings (SSSR count). The molecule has 2 aromatic rings. The second-order valence-electron chi connectivity index (χ2n) is 4.17. The zero-order valence-electron chi connectivity index (χ0n) is 9.78. The molecule has 18 heavy (non-hydrogen) atoms. The number of rotatable bonds is 2. The molecule has 0 radical (unpaired) electrons. The third kappa shape index (κ3) is 3.03. The van der Waals surface area contributed by atoms with Crippen LogP contribution in [-0.4, -0.2) is 4.57 Å². The highest BCUT2D eigenvalue weighted by atomic mass is 79.9. The molecule has 0 aliphatic rings. The molecule has 5 heteroatoms. The minimum atomic E-state index is 0.0109. The van der Waals surface area contributed by atoms with Gasteiger partial charge in [-0.3, -0.25) is 4.79 Å². The fraction of sp³-hybridized carbons (Fsp3) is 0.154. The van der Waals surface area contributed by atoms with Gasteiger partial charge in [0.1, 0.15) is 0 Å². The number of hydrogen-bond donors (Lipinski definition) is 1. The Bertz CT molecular complexity index is 630. The van der Waals surface area contributed by atoms with Gasteiger partial charge in [0.2, 0.25) is 0 Å². The van der Waals surface area contributed by atoms with Crippen molar-refractivity contribution < 1.29 is 0 Å². The lowest BCUT2D eigenvalue weighted by molar-refractivity contribution is 0.749. The summed E-state index contributed by atoms with van der Waals surface area (Å²) in [6, 6.07) is 7.47. The van der Waals surface area contributed by atoms with E-state index in [0.717, 1.165) is 14.5 Å². The topological polar surface area (TPSA) is 48.0 Å². The molecule has 94 valence electrons. The number of pyridine rings is 1. The van der Waals surface area contributed by atoms with Crippen LogP contribution in [0.15, 0.2) is 44.2 Å². The summed E-state index contributed by atoms with van der Waals surface area (Å²) in [5.74, 6) is 0. The standard InChI is InChI=1S/C13H12Br2N2O/c1-8-2-11(15)7-17(13(8)18)6-9-3-10(14)5-12(16)4-9/h2-5,7H,6,16H2,1H3. The van der Waals surface area contributed by atoms with Crippen molar-refractivity contribution in [3.63, 3.8) is 0 Å². The molecule has 0 atom stereocenters. The smallest absolute Gasteiger partial charge is 0.253 e. The van der Waals surface area contributed by atoms with Crippen LogP contribution >= 0.6 is 31.9 Å². The molecule has 0 aliphatic heterocycles. The predicted molar refractivity (Wildman–Crippen MR) is 80.8 cm³/mol. The van der Waals surface area contributed by atoms with Crippen molar-refractivity contribution in [2.75, 3.05) is 5.73 Å². The van der Waals surface area contributed by atoms with Crippen molar-refractivity contribution in [3.05, 3.63) is 60.9 Å². The van der Waals surface area contributed by atoms with Crippen molar-refractivity contribution in [1.82, 2.24) is 4.57 Å². The van der Waals surface area contributed by atoms with Gasteiger partial charge in [-0.2, -0.15) is 0 Å². The van der Waals surface area contributed by atoms with Gasteiger partial charge in [-0.25, -0.2) is 0 Å². The number of nitrogens with zero attached hydrogens (tertiary/aromatic N) is 1. The molecular formula is C13H12Br2N2O. The average Bonchev–Trinajstić information content (AvgIpc) is 2.23. The molecule has 2 N–H and O–H groups in total. The molecule has 0 unspecified atom stereocenters. The fourth-order valence-corrected chi connectivity index (χ4v) is 2.97. The SMILES string of the molecule is Cc1cc(Br)cn(Cc2cc(N)cc(Br)c2)c1=O. The zero-order chi connectivity index (χ0) is 13.3. The number of aromatic nitrogens is 1. The van der Waals surface area contributed by atoms with Gasteiger partial charge in [-0.05, 0) is 52.7 Å². The Kier molecular flexibility index (Phi) is 3.92. The minimum Gasteiger partial charge on any atom is -0.399 e. The summed E-state index contributed by atoms with van der Waals surface area (Å²) in [6.07, 6.45) is 1.78. The van der Waals surface area contributed by atoms with Crippen LogP contribution in [0, 0.1) is 6.92 Å². The van der Waals surface area contributed by atoms with E-state index in [1.165, 1.54) is 0 Å². The Morgan fingerprint density at radius 3 is 2.56 bits per heavy atom. The summed E-state index contributed by atoms with van der Waals surface area (Å²) in [4.78, 5) is 12.0. The molecule has 0 spiro atoms. The van der Waals surface area contributed by atoms with E-state index in [9.17, 15) is 4.79 Å². The second-order valence-corrected chi connectivity index (χ2v) is 6.00. The Labute approximate surface area is 122 Å².